The van der Waals surface area contributed by atoms with Crippen LogP contribution in [0.2, 0.25) is 0 Å². The Bertz CT molecular complexity index is 453. The van der Waals surface area contributed by atoms with Crippen LogP contribution >= 0.6 is 0 Å². The van der Waals surface area contributed by atoms with Crippen LogP contribution in [0, 0.1) is 17.6 Å². The van der Waals surface area contributed by atoms with Crippen molar-refractivity contribution >= 4 is 11.7 Å². The predicted octanol–water partition coefficient (Wildman–Crippen LogP) is 3.26. The van der Waals surface area contributed by atoms with E-state index in [1.165, 1.54) is 0 Å². The summed E-state index contributed by atoms with van der Waals surface area (Å²) in [4.78, 5) is 10.7. The van der Waals surface area contributed by atoms with Crippen molar-refractivity contribution in [2.75, 3.05) is 5.32 Å². The highest BCUT2D eigenvalue weighted by Gasteiger charge is 2.25. The molecule has 0 aliphatic heterocycles. The van der Waals surface area contributed by atoms with Crippen LogP contribution in [-0.4, -0.2) is 17.1 Å². The number of anilines is 1. The molecule has 3 nitrogen and oxygen atoms in total. The maximum atomic E-state index is 13.7. The summed E-state index contributed by atoms with van der Waals surface area (Å²) in [6.07, 6.45) is 2.95. The molecule has 0 heterocycles. The minimum atomic E-state index is -1.34. The number of carbonyl (C=O) groups is 1. The maximum Gasteiger partial charge on any atom is 0.335 e. The molecule has 2 N–H and O–H groups in total. The molecule has 5 heteroatoms. The van der Waals surface area contributed by atoms with Crippen molar-refractivity contribution in [1.29, 1.82) is 0 Å². The molecule has 2 unspecified atom stereocenters. The Morgan fingerprint density at radius 1 is 1.33 bits per heavy atom. The highest BCUT2D eigenvalue weighted by molar-refractivity contribution is 5.88. The Kier molecular flexibility index (Phi) is 3.50. The van der Waals surface area contributed by atoms with E-state index in [4.69, 9.17) is 5.11 Å². The Hall–Kier alpha value is -1.65. The summed E-state index contributed by atoms with van der Waals surface area (Å²) < 4.78 is 27.4. The van der Waals surface area contributed by atoms with Crippen LogP contribution in [0.4, 0.5) is 14.5 Å². The van der Waals surface area contributed by atoms with Gasteiger partial charge in [0.15, 0.2) is 0 Å². The van der Waals surface area contributed by atoms with Gasteiger partial charge in [-0.1, -0.05) is 13.3 Å². The number of aromatic carboxylic acids is 1. The average Bonchev–Trinajstić information content (AvgIpc) is 2.69. The summed E-state index contributed by atoms with van der Waals surface area (Å²) in [5, 5.41) is 11.5. The lowest BCUT2D eigenvalue weighted by atomic mass is 10.1. The predicted molar refractivity (Wildman–Crippen MR) is 63.7 cm³/mol. The van der Waals surface area contributed by atoms with Crippen LogP contribution < -0.4 is 5.32 Å². The van der Waals surface area contributed by atoms with E-state index in [1.54, 1.807) is 0 Å². The van der Waals surface area contributed by atoms with Gasteiger partial charge in [0.1, 0.15) is 17.3 Å². The largest absolute Gasteiger partial charge is 0.478 e. The summed E-state index contributed by atoms with van der Waals surface area (Å²) in [5.74, 6) is -2.69. The van der Waals surface area contributed by atoms with Gasteiger partial charge in [-0.2, -0.15) is 0 Å². The van der Waals surface area contributed by atoms with E-state index in [0.29, 0.717) is 5.92 Å². The number of nitrogens with one attached hydrogen (secondary N) is 1. The number of hydrogen-bond acceptors (Lipinski definition) is 2. The van der Waals surface area contributed by atoms with Gasteiger partial charge in [0.25, 0.3) is 0 Å². The van der Waals surface area contributed by atoms with Gasteiger partial charge in [0.05, 0.1) is 5.56 Å². The minimum absolute atomic E-state index is 0.0460. The SMILES string of the molecule is CC1CCCC1Nc1c(F)cc(C(=O)O)cc1F. The standard InChI is InChI=1S/C13H15F2NO2/c1-7-3-2-4-11(7)16-12-9(14)5-8(13(17)18)6-10(12)15/h5-7,11,16H,2-4H2,1H3,(H,17,18). The zero-order valence-electron chi connectivity index (χ0n) is 10.0. The third-order valence-corrected chi connectivity index (χ3v) is 3.48. The van der Waals surface area contributed by atoms with E-state index < -0.39 is 17.6 Å². The first-order valence-corrected chi connectivity index (χ1v) is 5.98. The molecule has 18 heavy (non-hydrogen) atoms. The van der Waals surface area contributed by atoms with E-state index in [-0.39, 0.29) is 17.3 Å². The van der Waals surface area contributed by atoms with Crippen LogP contribution in [0.15, 0.2) is 12.1 Å². The minimum Gasteiger partial charge on any atom is -0.478 e. The maximum absolute atomic E-state index is 13.7. The van der Waals surface area contributed by atoms with Gasteiger partial charge in [-0.05, 0) is 30.9 Å². The molecule has 0 spiro atoms. The molecule has 1 saturated carbocycles. The molecule has 0 saturated heterocycles. The van der Waals surface area contributed by atoms with Gasteiger partial charge in [0.2, 0.25) is 0 Å². The fourth-order valence-electron chi connectivity index (χ4n) is 2.38. The third kappa shape index (κ3) is 2.44. The molecular formula is C13H15F2NO2. The van der Waals surface area contributed by atoms with E-state index in [2.05, 4.69) is 5.32 Å². The normalized spacial score (nSPS) is 23.1. The molecule has 98 valence electrons. The average molecular weight is 255 g/mol. The zero-order chi connectivity index (χ0) is 13.3. The second-order valence-corrected chi connectivity index (χ2v) is 4.78. The van der Waals surface area contributed by atoms with Crippen LogP contribution in [0.1, 0.15) is 36.5 Å². The van der Waals surface area contributed by atoms with Crippen LogP contribution in [0.5, 0.6) is 0 Å². The first-order chi connectivity index (χ1) is 8.49. The second kappa shape index (κ2) is 4.92. The second-order valence-electron chi connectivity index (χ2n) is 4.78. The van der Waals surface area contributed by atoms with Crippen molar-refractivity contribution in [1.82, 2.24) is 0 Å². The molecule has 1 aromatic carbocycles. The molecule has 1 aliphatic rings. The summed E-state index contributed by atoms with van der Waals surface area (Å²) in [6.45, 7) is 2.03. The Balaban J connectivity index is 2.25. The number of benzene rings is 1. The van der Waals surface area contributed by atoms with E-state index in [0.717, 1.165) is 31.4 Å². The summed E-state index contributed by atoms with van der Waals surface area (Å²) >= 11 is 0. The van der Waals surface area contributed by atoms with Gasteiger partial charge >= 0.3 is 5.97 Å². The van der Waals surface area contributed by atoms with Gasteiger partial charge in [-0.25, -0.2) is 13.6 Å². The lowest BCUT2D eigenvalue weighted by Gasteiger charge is -2.19. The van der Waals surface area contributed by atoms with Crippen molar-refractivity contribution in [3.05, 3.63) is 29.3 Å². The Morgan fingerprint density at radius 3 is 2.39 bits per heavy atom. The van der Waals surface area contributed by atoms with Gasteiger partial charge < -0.3 is 10.4 Å². The van der Waals surface area contributed by atoms with Crippen molar-refractivity contribution in [2.45, 2.75) is 32.2 Å². The van der Waals surface area contributed by atoms with Crippen LogP contribution in [0.3, 0.4) is 0 Å². The first kappa shape index (κ1) is 12.8. The number of rotatable bonds is 3. The molecule has 0 aromatic heterocycles. The van der Waals surface area contributed by atoms with E-state index in [1.807, 2.05) is 6.92 Å². The number of hydrogen-bond donors (Lipinski definition) is 2. The van der Waals surface area contributed by atoms with Gasteiger partial charge in [0, 0.05) is 6.04 Å². The molecule has 0 amide bonds. The highest BCUT2D eigenvalue weighted by atomic mass is 19.1. The fraction of sp³-hybridized carbons (Fsp3) is 0.462. The molecule has 1 fully saturated rings. The number of carboxylic acids is 1. The van der Waals surface area contributed by atoms with E-state index >= 15 is 0 Å². The third-order valence-electron chi connectivity index (χ3n) is 3.48. The fourth-order valence-corrected chi connectivity index (χ4v) is 2.38. The van der Waals surface area contributed by atoms with E-state index in [9.17, 15) is 13.6 Å². The summed E-state index contributed by atoms with van der Waals surface area (Å²) in [5.41, 5.74) is -0.603. The van der Waals surface area contributed by atoms with Crippen LogP contribution in [0.25, 0.3) is 0 Å². The smallest absolute Gasteiger partial charge is 0.335 e. The Morgan fingerprint density at radius 2 is 1.94 bits per heavy atom. The van der Waals surface area contributed by atoms with Crippen molar-refractivity contribution in [3.8, 4) is 0 Å². The molecule has 2 rings (SSSR count). The lowest BCUT2D eigenvalue weighted by molar-refractivity contribution is 0.0696. The quantitative estimate of drug-likeness (QED) is 0.871. The summed E-state index contributed by atoms with van der Waals surface area (Å²) in [7, 11) is 0. The van der Waals surface area contributed by atoms with Crippen molar-refractivity contribution in [2.24, 2.45) is 5.92 Å². The topological polar surface area (TPSA) is 49.3 Å². The molecule has 1 aromatic rings. The summed E-state index contributed by atoms with van der Waals surface area (Å²) in [6, 6.07) is 1.73. The van der Waals surface area contributed by atoms with Crippen molar-refractivity contribution < 1.29 is 18.7 Å². The van der Waals surface area contributed by atoms with Gasteiger partial charge in [-0.3, -0.25) is 0 Å². The molecule has 2 atom stereocenters. The zero-order valence-corrected chi connectivity index (χ0v) is 10.0. The van der Waals surface area contributed by atoms with Gasteiger partial charge in [-0.15, -0.1) is 0 Å². The lowest BCUT2D eigenvalue weighted by Crippen LogP contribution is -2.23. The number of carboxylic acid groups (broad SMARTS) is 1. The Labute approximate surface area is 104 Å². The van der Waals surface area contributed by atoms with Crippen LogP contribution in [-0.2, 0) is 0 Å². The van der Waals surface area contributed by atoms with Crippen molar-refractivity contribution in [3.63, 3.8) is 0 Å². The molecular weight excluding hydrogens is 240 g/mol. The monoisotopic (exact) mass is 255 g/mol. The first-order valence-electron chi connectivity index (χ1n) is 5.98. The number of halogens is 2. The highest BCUT2D eigenvalue weighted by Crippen LogP contribution is 2.30. The molecule has 1 aliphatic carbocycles. The molecule has 0 radical (unpaired) electrons. The molecule has 0 bridgehead atoms.